The van der Waals surface area contributed by atoms with E-state index >= 15 is 0 Å². The first-order valence-corrected chi connectivity index (χ1v) is 8.26. The molecule has 0 radical (unpaired) electrons. The van der Waals surface area contributed by atoms with Crippen LogP contribution in [0.3, 0.4) is 0 Å². The first-order valence-electron chi connectivity index (χ1n) is 8.26. The Kier molecular flexibility index (Phi) is 5.36. The van der Waals surface area contributed by atoms with Crippen molar-refractivity contribution in [2.24, 2.45) is 11.3 Å². The predicted octanol–water partition coefficient (Wildman–Crippen LogP) is 2.50. The summed E-state index contributed by atoms with van der Waals surface area (Å²) in [6.45, 7) is 6.86. The summed E-state index contributed by atoms with van der Waals surface area (Å²) < 4.78 is 5.16. The summed E-state index contributed by atoms with van der Waals surface area (Å²) in [6, 6.07) is 5.15. The lowest BCUT2D eigenvalue weighted by Gasteiger charge is -2.35. The van der Waals surface area contributed by atoms with Crippen LogP contribution in [0.1, 0.15) is 33.6 Å². The maximum absolute atomic E-state index is 12.6. The van der Waals surface area contributed by atoms with Crippen LogP contribution in [0.2, 0.25) is 0 Å². The van der Waals surface area contributed by atoms with E-state index in [0.29, 0.717) is 30.2 Å². The highest BCUT2D eigenvalue weighted by Crippen LogP contribution is 2.27. The van der Waals surface area contributed by atoms with Crippen molar-refractivity contribution < 1.29 is 14.3 Å². The number of piperidine rings is 1. The van der Waals surface area contributed by atoms with Crippen molar-refractivity contribution in [3.8, 4) is 5.75 Å². The normalized spacial score (nSPS) is 18.2. The highest BCUT2D eigenvalue weighted by molar-refractivity contribution is 5.96. The molecule has 6 nitrogen and oxygen atoms in total. The van der Waals surface area contributed by atoms with Crippen molar-refractivity contribution >= 4 is 23.2 Å². The number of nitrogen functional groups attached to an aromatic ring is 1. The van der Waals surface area contributed by atoms with E-state index in [1.165, 1.54) is 0 Å². The Balaban J connectivity index is 2.06. The van der Waals surface area contributed by atoms with Crippen molar-refractivity contribution in [2.75, 3.05) is 31.2 Å². The average molecular weight is 333 g/mol. The van der Waals surface area contributed by atoms with Gasteiger partial charge in [-0.2, -0.15) is 0 Å². The van der Waals surface area contributed by atoms with Crippen LogP contribution in [0.5, 0.6) is 5.75 Å². The zero-order chi connectivity index (χ0) is 17.9. The number of hydrogen-bond acceptors (Lipinski definition) is 4. The number of likely N-dealkylation sites (tertiary alicyclic amines) is 1. The topological polar surface area (TPSA) is 84.7 Å². The molecule has 132 valence electrons. The first-order chi connectivity index (χ1) is 11.2. The molecule has 1 saturated heterocycles. The number of rotatable bonds is 3. The van der Waals surface area contributed by atoms with Gasteiger partial charge in [0.25, 0.3) is 0 Å². The van der Waals surface area contributed by atoms with Crippen LogP contribution >= 0.6 is 0 Å². The van der Waals surface area contributed by atoms with Gasteiger partial charge >= 0.3 is 0 Å². The molecule has 1 atom stereocenters. The van der Waals surface area contributed by atoms with Gasteiger partial charge in [0, 0.05) is 24.6 Å². The van der Waals surface area contributed by atoms with E-state index in [2.05, 4.69) is 5.32 Å². The molecular formula is C18H27N3O3. The van der Waals surface area contributed by atoms with E-state index in [1.54, 1.807) is 30.2 Å². The quantitative estimate of drug-likeness (QED) is 0.832. The number of benzene rings is 1. The number of carbonyl (C=O) groups excluding carboxylic acids is 2. The number of nitrogens with zero attached hydrogens (tertiary/aromatic N) is 1. The summed E-state index contributed by atoms with van der Waals surface area (Å²) in [5, 5.41) is 2.87. The fourth-order valence-electron chi connectivity index (χ4n) is 2.86. The van der Waals surface area contributed by atoms with Crippen molar-refractivity contribution in [3.05, 3.63) is 18.2 Å². The van der Waals surface area contributed by atoms with Gasteiger partial charge in [0.15, 0.2) is 0 Å². The maximum Gasteiger partial charge on any atom is 0.229 e. The lowest BCUT2D eigenvalue weighted by molar-refractivity contribution is -0.142. The summed E-state index contributed by atoms with van der Waals surface area (Å²) in [4.78, 5) is 26.8. The van der Waals surface area contributed by atoms with Crippen LogP contribution in [0.4, 0.5) is 11.4 Å². The Morgan fingerprint density at radius 3 is 2.67 bits per heavy atom. The second-order valence-electron chi connectivity index (χ2n) is 7.28. The minimum atomic E-state index is -0.435. The molecule has 3 N–H and O–H groups in total. The van der Waals surface area contributed by atoms with Gasteiger partial charge in [-0.25, -0.2) is 0 Å². The van der Waals surface area contributed by atoms with E-state index in [4.69, 9.17) is 10.5 Å². The molecule has 0 aliphatic carbocycles. The van der Waals surface area contributed by atoms with Gasteiger partial charge in [-0.15, -0.1) is 0 Å². The van der Waals surface area contributed by atoms with Gasteiger partial charge in [-0.1, -0.05) is 20.8 Å². The number of ether oxygens (including phenoxy) is 1. The zero-order valence-corrected chi connectivity index (χ0v) is 14.9. The molecule has 2 amide bonds. The van der Waals surface area contributed by atoms with Crippen molar-refractivity contribution in [3.63, 3.8) is 0 Å². The third kappa shape index (κ3) is 4.19. The number of nitrogens with two attached hydrogens (primary N) is 1. The van der Waals surface area contributed by atoms with Crippen LogP contribution < -0.4 is 15.8 Å². The van der Waals surface area contributed by atoms with E-state index in [9.17, 15) is 9.59 Å². The summed E-state index contributed by atoms with van der Waals surface area (Å²) in [5.74, 6) is 0.380. The predicted molar refractivity (Wildman–Crippen MR) is 94.8 cm³/mol. The van der Waals surface area contributed by atoms with E-state index in [0.717, 1.165) is 12.8 Å². The molecule has 0 saturated carbocycles. The Hall–Kier alpha value is -2.24. The second-order valence-corrected chi connectivity index (χ2v) is 7.28. The summed E-state index contributed by atoms with van der Waals surface area (Å²) in [5.41, 5.74) is 6.51. The molecule has 24 heavy (non-hydrogen) atoms. The summed E-state index contributed by atoms with van der Waals surface area (Å²) in [7, 11) is 1.56. The monoisotopic (exact) mass is 333 g/mol. The molecule has 1 heterocycles. The third-order valence-electron chi connectivity index (χ3n) is 4.24. The molecule has 1 aromatic carbocycles. The number of anilines is 2. The van der Waals surface area contributed by atoms with Gasteiger partial charge in [0.2, 0.25) is 11.8 Å². The van der Waals surface area contributed by atoms with E-state index < -0.39 is 5.41 Å². The number of hydrogen-bond donors (Lipinski definition) is 2. The molecule has 2 rings (SSSR count). The van der Waals surface area contributed by atoms with Gasteiger partial charge < -0.3 is 20.7 Å². The van der Waals surface area contributed by atoms with E-state index in [1.807, 2.05) is 20.8 Å². The molecule has 1 aromatic rings. The summed E-state index contributed by atoms with van der Waals surface area (Å²) >= 11 is 0. The molecule has 0 bridgehead atoms. The Morgan fingerprint density at radius 2 is 2.04 bits per heavy atom. The molecule has 0 aromatic heterocycles. The lowest BCUT2D eigenvalue weighted by Crippen LogP contribution is -2.47. The fourth-order valence-corrected chi connectivity index (χ4v) is 2.86. The van der Waals surface area contributed by atoms with Gasteiger partial charge in [-0.05, 0) is 25.0 Å². The van der Waals surface area contributed by atoms with Crippen LogP contribution in [0.15, 0.2) is 18.2 Å². The average Bonchev–Trinajstić information content (AvgIpc) is 2.55. The number of methoxy groups -OCH3 is 1. The second kappa shape index (κ2) is 7.11. The van der Waals surface area contributed by atoms with Crippen molar-refractivity contribution in [2.45, 2.75) is 33.6 Å². The van der Waals surface area contributed by atoms with Gasteiger partial charge in [-0.3, -0.25) is 9.59 Å². The SMILES string of the molecule is COc1ccc(N)c(NC(=O)C2CCCN(C(=O)C(C)(C)C)C2)c1. The van der Waals surface area contributed by atoms with Crippen molar-refractivity contribution in [1.82, 2.24) is 4.90 Å². The van der Waals surface area contributed by atoms with Crippen LogP contribution in [-0.4, -0.2) is 36.9 Å². The minimum absolute atomic E-state index is 0.0842. The van der Waals surface area contributed by atoms with E-state index in [-0.39, 0.29) is 17.7 Å². The smallest absolute Gasteiger partial charge is 0.229 e. The molecule has 1 aliphatic rings. The van der Waals surface area contributed by atoms with Gasteiger partial charge in [0.05, 0.1) is 24.4 Å². The molecule has 1 aliphatic heterocycles. The Bertz CT molecular complexity index is 622. The minimum Gasteiger partial charge on any atom is -0.497 e. The highest BCUT2D eigenvalue weighted by atomic mass is 16.5. The van der Waals surface area contributed by atoms with Crippen LogP contribution in [0, 0.1) is 11.3 Å². The largest absolute Gasteiger partial charge is 0.497 e. The fraction of sp³-hybridized carbons (Fsp3) is 0.556. The number of carbonyl (C=O) groups is 2. The Labute approximate surface area is 143 Å². The molecule has 1 fully saturated rings. The molecule has 0 spiro atoms. The van der Waals surface area contributed by atoms with Crippen molar-refractivity contribution in [1.29, 1.82) is 0 Å². The zero-order valence-electron chi connectivity index (χ0n) is 14.9. The molecule has 6 heteroatoms. The Morgan fingerprint density at radius 1 is 1.33 bits per heavy atom. The third-order valence-corrected chi connectivity index (χ3v) is 4.24. The molecule has 1 unspecified atom stereocenters. The lowest BCUT2D eigenvalue weighted by atomic mass is 9.91. The van der Waals surface area contributed by atoms with Gasteiger partial charge in [0.1, 0.15) is 5.75 Å². The van der Waals surface area contributed by atoms with Crippen LogP contribution in [0.25, 0.3) is 0 Å². The number of nitrogens with one attached hydrogen (secondary N) is 1. The maximum atomic E-state index is 12.6. The first kappa shape index (κ1) is 18.1. The summed E-state index contributed by atoms with van der Waals surface area (Å²) in [6.07, 6.45) is 1.59. The van der Waals surface area contributed by atoms with Crippen LogP contribution in [-0.2, 0) is 9.59 Å². The highest BCUT2D eigenvalue weighted by Gasteiger charge is 2.33. The number of amides is 2. The standard InChI is InChI=1S/C18H27N3O3/c1-18(2,3)17(23)21-9-5-6-12(11-21)16(22)20-15-10-13(24-4)7-8-14(15)19/h7-8,10,12H,5-6,9,11,19H2,1-4H3,(H,20,22). The molecular weight excluding hydrogens is 306 g/mol.